The average molecular weight is 255 g/mol. The molecule has 0 aliphatic carbocycles. The van der Waals surface area contributed by atoms with Gasteiger partial charge in [0.2, 0.25) is 0 Å². The minimum Gasteiger partial charge on any atom is -0.382 e. The van der Waals surface area contributed by atoms with E-state index in [1.165, 1.54) is 5.56 Å². The van der Waals surface area contributed by atoms with Crippen LogP contribution in [-0.2, 0) is 16.5 Å². The summed E-state index contributed by atoms with van der Waals surface area (Å²) in [6.45, 7) is 7.27. The van der Waals surface area contributed by atoms with Gasteiger partial charge in [-0.3, -0.25) is 4.68 Å². The summed E-state index contributed by atoms with van der Waals surface area (Å²) in [5, 5.41) is 7.83. The van der Waals surface area contributed by atoms with Crippen LogP contribution in [-0.4, -0.2) is 43.3 Å². The molecule has 0 fully saturated rings. The molecule has 1 heterocycles. The Bertz CT molecular complexity index is 339. The van der Waals surface area contributed by atoms with Crippen molar-refractivity contribution in [1.29, 1.82) is 0 Å². The van der Waals surface area contributed by atoms with Gasteiger partial charge in [-0.25, -0.2) is 0 Å². The molecule has 0 aromatic carbocycles. The molecule has 18 heavy (non-hydrogen) atoms. The monoisotopic (exact) mass is 255 g/mol. The molecule has 0 amide bonds. The number of ether oxygens (including phenoxy) is 2. The zero-order chi connectivity index (χ0) is 13.4. The zero-order valence-electron chi connectivity index (χ0n) is 11.9. The Morgan fingerprint density at radius 1 is 1.39 bits per heavy atom. The Balaban J connectivity index is 2.14. The smallest absolute Gasteiger partial charge is 0.0700 e. The largest absolute Gasteiger partial charge is 0.382 e. The van der Waals surface area contributed by atoms with Gasteiger partial charge in [-0.15, -0.1) is 0 Å². The molecule has 0 saturated heterocycles. The predicted octanol–water partition coefficient (Wildman–Crippen LogP) is 1.43. The van der Waals surface area contributed by atoms with Crippen molar-refractivity contribution in [3.8, 4) is 0 Å². The lowest BCUT2D eigenvalue weighted by molar-refractivity contribution is 0.0693. The van der Waals surface area contributed by atoms with Crippen LogP contribution in [0.15, 0.2) is 6.20 Å². The molecule has 1 rings (SSSR count). The number of hydrogen-bond acceptors (Lipinski definition) is 4. The lowest BCUT2D eigenvalue weighted by Gasteiger charge is -2.13. The lowest BCUT2D eigenvalue weighted by Crippen LogP contribution is -2.21. The Hall–Kier alpha value is -0.910. The molecule has 0 saturated carbocycles. The molecule has 5 nitrogen and oxygen atoms in total. The van der Waals surface area contributed by atoms with Gasteiger partial charge in [0.05, 0.1) is 18.9 Å². The van der Waals surface area contributed by atoms with Crippen LogP contribution in [0.1, 0.15) is 30.6 Å². The molecule has 1 atom stereocenters. The van der Waals surface area contributed by atoms with Gasteiger partial charge in [0.25, 0.3) is 0 Å². The van der Waals surface area contributed by atoms with E-state index in [1.807, 2.05) is 18.7 Å². The van der Waals surface area contributed by atoms with Crippen LogP contribution in [0.25, 0.3) is 0 Å². The second kappa shape index (κ2) is 8.24. The van der Waals surface area contributed by atoms with Gasteiger partial charge in [0, 0.05) is 38.6 Å². The summed E-state index contributed by atoms with van der Waals surface area (Å²) in [5.41, 5.74) is 2.35. The first-order chi connectivity index (χ1) is 8.65. The van der Waals surface area contributed by atoms with Gasteiger partial charge >= 0.3 is 0 Å². The highest BCUT2D eigenvalue weighted by atomic mass is 16.5. The number of nitrogens with zero attached hydrogens (tertiary/aromatic N) is 2. The standard InChI is InChI=1S/C13H25N3O2/c1-11(13-10-16(3)15-12(13)2)14-6-5-7-18-9-8-17-4/h10-11,14H,5-9H2,1-4H3. The number of nitrogens with one attached hydrogen (secondary N) is 1. The van der Waals surface area contributed by atoms with Gasteiger partial charge in [-0.05, 0) is 26.8 Å². The molecule has 1 N–H and O–H groups in total. The van der Waals surface area contributed by atoms with E-state index in [4.69, 9.17) is 9.47 Å². The van der Waals surface area contributed by atoms with E-state index in [0.717, 1.165) is 25.3 Å². The molecular formula is C13H25N3O2. The van der Waals surface area contributed by atoms with Crippen molar-refractivity contribution >= 4 is 0 Å². The number of aryl methyl sites for hydroxylation is 2. The topological polar surface area (TPSA) is 48.3 Å². The minimum absolute atomic E-state index is 0.331. The third kappa shape index (κ3) is 5.16. The third-order valence-electron chi connectivity index (χ3n) is 2.87. The summed E-state index contributed by atoms with van der Waals surface area (Å²) in [6, 6.07) is 0.331. The van der Waals surface area contributed by atoms with Crippen LogP contribution in [0, 0.1) is 6.92 Å². The van der Waals surface area contributed by atoms with Crippen molar-refractivity contribution in [2.45, 2.75) is 26.3 Å². The summed E-state index contributed by atoms with van der Waals surface area (Å²) in [6.07, 6.45) is 3.08. The van der Waals surface area contributed by atoms with E-state index in [9.17, 15) is 0 Å². The van der Waals surface area contributed by atoms with Crippen molar-refractivity contribution in [2.24, 2.45) is 7.05 Å². The van der Waals surface area contributed by atoms with Crippen LogP contribution in [0.2, 0.25) is 0 Å². The average Bonchev–Trinajstić information content (AvgIpc) is 2.67. The summed E-state index contributed by atoms with van der Waals surface area (Å²) in [5.74, 6) is 0. The van der Waals surface area contributed by atoms with E-state index in [2.05, 4.69) is 23.5 Å². The highest BCUT2D eigenvalue weighted by molar-refractivity contribution is 5.19. The fraction of sp³-hybridized carbons (Fsp3) is 0.769. The predicted molar refractivity (Wildman–Crippen MR) is 71.7 cm³/mol. The maximum absolute atomic E-state index is 5.41. The first-order valence-corrected chi connectivity index (χ1v) is 6.45. The van der Waals surface area contributed by atoms with E-state index >= 15 is 0 Å². The third-order valence-corrected chi connectivity index (χ3v) is 2.87. The number of methoxy groups -OCH3 is 1. The van der Waals surface area contributed by atoms with Crippen molar-refractivity contribution in [3.63, 3.8) is 0 Å². The summed E-state index contributed by atoms with van der Waals surface area (Å²) in [4.78, 5) is 0. The van der Waals surface area contributed by atoms with Crippen LogP contribution in [0.3, 0.4) is 0 Å². The molecule has 0 spiro atoms. The molecule has 5 heteroatoms. The van der Waals surface area contributed by atoms with Crippen LogP contribution >= 0.6 is 0 Å². The molecule has 0 radical (unpaired) electrons. The Morgan fingerprint density at radius 3 is 2.78 bits per heavy atom. The Kier molecular flexibility index (Phi) is 6.93. The fourth-order valence-electron chi connectivity index (χ4n) is 1.89. The molecule has 0 aliphatic heterocycles. The molecular weight excluding hydrogens is 230 g/mol. The maximum atomic E-state index is 5.41. The van der Waals surface area contributed by atoms with Crippen LogP contribution < -0.4 is 5.32 Å². The highest BCUT2D eigenvalue weighted by Crippen LogP contribution is 2.14. The number of aromatic nitrogens is 2. The number of hydrogen-bond donors (Lipinski definition) is 1. The highest BCUT2D eigenvalue weighted by Gasteiger charge is 2.10. The lowest BCUT2D eigenvalue weighted by atomic mass is 10.1. The van der Waals surface area contributed by atoms with E-state index in [0.29, 0.717) is 19.3 Å². The fourth-order valence-corrected chi connectivity index (χ4v) is 1.89. The first kappa shape index (κ1) is 15.1. The second-order valence-corrected chi connectivity index (χ2v) is 4.48. The van der Waals surface area contributed by atoms with Gasteiger partial charge in [0.15, 0.2) is 0 Å². The number of rotatable bonds is 9. The van der Waals surface area contributed by atoms with Crippen LogP contribution in [0.4, 0.5) is 0 Å². The van der Waals surface area contributed by atoms with Crippen molar-refractivity contribution in [2.75, 3.05) is 33.5 Å². The first-order valence-electron chi connectivity index (χ1n) is 6.45. The molecule has 0 aliphatic rings. The summed E-state index contributed by atoms with van der Waals surface area (Å²) >= 11 is 0. The van der Waals surface area contributed by atoms with E-state index < -0.39 is 0 Å². The zero-order valence-corrected chi connectivity index (χ0v) is 11.9. The quantitative estimate of drug-likeness (QED) is 0.678. The summed E-state index contributed by atoms with van der Waals surface area (Å²) in [7, 11) is 3.63. The Labute approximate surface area is 109 Å². The van der Waals surface area contributed by atoms with Crippen LogP contribution in [0.5, 0.6) is 0 Å². The van der Waals surface area contributed by atoms with E-state index in [1.54, 1.807) is 7.11 Å². The molecule has 1 aromatic rings. The molecule has 104 valence electrons. The normalized spacial score (nSPS) is 12.9. The van der Waals surface area contributed by atoms with Gasteiger partial charge in [0.1, 0.15) is 0 Å². The maximum Gasteiger partial charge on any atom is 0.0700 e. The SMILES string of the molecule is COCCOCCCNC(C)c1cn(C)nc1C. The van der Waals surface area contributed by atoms with Gasteiger partial charge in [-0.1, -0.05) is 0 Å². The Morgan fingerprint density at radius 2 is 2.17 bits per heavy atom. The molecule has 1 unspecified atom stereocenters. The minimum atomic E-state index is 0.331. The molecule has 1 aromatic heterocycles. The van der Waals surface area contributed by atoms with Crippen molar-refractivity contribution in [1.82, 2.24) is 15.1 Å². The van der Waals surface area contributed by atoms with Crippen molar-refractivity contribution in [3.05, 3.63) is 17.5 Å². The van der Waals surface area contributed by atoms with E-state index in [-0.39, 0.29) is 0 Å². The molecule has 0 bridgehead atoms. The summed E-state index contributed by atoms with van der Waals surface area (Å²) < 4.78 is 12.2. The second-order valence-electron chi connectivity index (χ2n) is 4.48. The van der Waals surface area contributed by atoms with Gasteiger partial charge < -0.3 is 14.8 Å². The van der Waals surface area contributed by atoms with Crippen molar-refractivity contribution < 1.29 is 9.47 Å². The van der Waals surface area contributed by atoms with Gasteiger partial charge in [-0.2, -0.15) is 5.10 Å².